The van der Waals surface area contributed by atoms with Crippen molar-refractivity contribution in [3.8, 4) is 17.3 Å². The number of halogens is 1. The molecule has 2 heterocycles. The monoisotopic (exact) mass is 267 g/mol. The SMILES string of the molecule is O=c1[nH]c(-c2cccnc2)nc(O)c1Br. The molecular weight excluding hydrogens is 262 g/mol. The van der Waals surface area contributed by atoms with Crippen LogP contribution in [-0.2, 0) is 0 Å². The van der Waals surface area contributed by atoms with Gasteiger partial charge < -0.3 is 10.1 Å². The molecule has 15 heavy (non-hydrogen) atoms. The van der Waals surface area contributed by atoms with Crippen LogP contribution in [0.25, 0.3) is 11.4 Å². The number of rotatable bonds is 1. The minimum absolute atomic E-state index is 0.0233. The van der Waals surface area contributed by atoms with Crippen molar-refractivity contribution in [1.29, 1.82) is 0 Å². The topological polar surface area (TPSA) is 78.9 Å². The Morgan fingerprint density at radius 3 is 2.87 bits per heavy atom. The highest BCUT2D eigenvalue weighted by Crippen LogP contribution is 2.19. The highest BCUT2D eigenvalue weighted by atomic mass is 79.9. The second-order valence-corrected chi connectivity index (χ2v) is 3.59. The van der Waals surface area contributed by atoms with Gasteiger partial charge in [0.1, 0.15) is 10.3 Å². The minimum Gasteiger partial charge on any atom is -0.492 e. The fourth-order valence-electron chi connectivity index (χ4n) is 1.09. The Balaban J connectivity index is 2.61. The summed E-state index contributed by atoms with van der Waals surface area (Å²) in [5, 5.41) is 9.34. The van der Waals surface area contributed by atoms with Crippen molar-refractivity contribution in [3.63, 3.8) is 0 Å². The predicted octanol–water partition coefficient (Wildman–Crippen LogP) is 1.30. The Labute approximate surface area is 93.0 Å². The molecule has 2 rings (SSSR count). The Hall–Kier alpha value is -1.69. The van der Waals surface area contributed by atoms with Crippen molar-refractivity contribution in [2.24, 2.45) is 0 Å². The lowest BCUT2D eigenvalue weighted by atomic mass is 10.3. The number of hydrogen-bond donors (Lipinski definition) is 2. The molecule has 0 atom stereocenters. The molecule has 0 unspecified atom stereocenters. The van der Waals surface area contributed by atoms with E-state index in [0.29, 0.717) is 5.56 Å². The number of aromatic hydroxyl groups is 1. The molecule has 6 heteroatoms. The summed E-state index contributed by atoms with van der Waals surface area (Å²) in [5.41, 5.74) is 0.207. The largest absolute Gasteiger partial charge is 0.492 e. The first-order valence-electron chi connectivity index (χ1n) is 4.07. The lowest BCUT2D eigenvalue weighted by Gasteiger charge is -2.01. The zero-order valence-electron chi connectivity index (χ0n) is 7.44. The smallest absolute Gasteiger partial charge is 0.269 e. The maximum Gasteiger partial charge on any atom is 0.269 e. The molecule has 2 aromatic heterocycles. The van der Waals surface area contributed by atoms with E-state index in [1.54, 1.807) is 24.5 Å². The van der Waals surface area contributed by atoms with Crippen LogP contribution in [0.2, 0.25) is 0 Å². The summed E-state index contributed by atoms with van der Waals surface area (Å²) in [6.45, 7) is 0. The summed E-state index contributed by atoms with van der Waals surface area (Å²) >= 11 is 2.91. The fraction of sp³-hybridized carbons (Fsp3) is 0. The minimum atomic E-state index is -0.429. The van der Waals surface area contributed by atoms with Crippen LogP contribution in [-0.4, -0.2) is 20.1 Å². The molecule has 2 N–H and O–H groups in total. The quantitative estimate of drug-likeness (QED) is 0.817. The summed E-state index contributed by atoms with van der Waals surface area (Å²) in [5.74, 6) is -0.0496. The van der Waals surface area contributed by atoms with Gasteiger partial charge in [0.15, 0.2) is 0 Å². The molecule has 0 aliphatic rings. The lowest BCUT2D eigenvalue weighted by Crippen LogP contribution is -2.09. The van der Waals surface area contributed by atoms with Crippen LogP contribution in [0.15, 0.2) is 33.8 Å². The highest BCUT2D eigenvalue weighted by Gasteiger charge is 2.08. The standard InChI is InChI=1S/C9H6BrN3O2/c10-6-8(14)12-7(13-9(6)15)5-2-1-3-11-4-5/h1-4H,(H2,12,13,14,15). The molecule has 5 nitrogen and oxygen atoms in total. The molecule has 0 aliphatic carbocycles. The van der Waals surface area contributed by atoms with E-state index in [1.807, 2.05) is 0 Å². The number of pyridine rings is 1. The molecule has 0 saturated heterocycles. The Morgan fingerprint density at radius 1 is 1.47 bits per heavy atom. The van der Waals surface area contributed by atoms with Crippen LogP contribution >= 0.6 is 15.9 Å². The van der Waals surface area contributed by atoms with Gasteiger partial charge in [0.25, 0.3) is 5.56 Å². The summed E-state index contributed by atoms with van der Waals surface area (Å²) in [6, 6.07) is 3.45. The maximum absolute atomic E-state index is 11.3. The molecule has 0 radical (unpaired) electrons. The molecule has 0 bridgehead atoms. The summed E-state index contributed by atoms with van der Waals surface area (Å²) in [6.07, 6.45) is 3.16. The molecule has 0 saturated carbocycles. The van der Waals surface area contributed by atoms with Crippen molar-refractivity contribution in [2.75, 3.05) is 0 Å². The number of nitrogens with zero attached hydrogens (tertiary/aromatic N) is 2. The van der Waals surface area contributed by atoms with Gasteiger partial charge in [0.2, 0.25) is 5.88 Å². The van der Waals surface area contributed by atoms with E-state index in [4.69, 9.17) is 0 Å². The zero-order valence-corrected chi connectivity index (χ0v) is 9.02. The number of H-pyrrole nitrogens is 1. The van der Waals surface area contributed by atoms with E-state index < -0.39 is 5.56 Å². The van der Waals surface area contributed by atoms with Crippen LogP contribution < -0.4 is 5.56 Å². The molecule has 0 spiro atoms. The van der Waals surface area contributed by atoms with Gasteiger partial charge in [-0.1, -0.05) is 0 Å². The number of aromatic amines is 1. The van der Waals surface area contributed by atoms with Gasteiger partial charge in [0, 0.05) is 18.0 Å². The van der Waals surface area contributed by atoms with Gasteiger partial charge in [-0.3, -0.25) is 9.78 Å². The highest BCUT2D eigenvalue weighted by molar-refractivity contribution is 9.10. The maximum atomic E-state index is 11.3. The third kappa shape index (κ3) is 1.89. The number of aromatic nitrogens is 3. The summed E-state index contributed by atoms with van der Waals surface area (Å²) in [4.78, 5) is 21.5. The summed E-state index contributed by atoms with van der Waals surface area (Å²) < 4.78 is 0.0233. The predicted molar refractivity (Wildman–Crippen MR) is 57.5 cm³/mol. The average Bonchev–Trinajstić information content (AvgIpc) is 2.26. The molecule has 76 valence electrons. The van der Waals surface area contributed by atoms with E-state index >= 15 is 0 Å². The normalized spacial score (nSPS) is 10.2. The molecule has 0 aromatic carbocycles. The first-order chi connectivity index (χ1) is 7.18. The first kappa shape index (κ1) is 9.85. The van der Waals surface area contributed by atoms with E-state index in [-0.39, 0.29) is 16.2 Å². The fourth-order valence-corrected chi connectivity index (χ4v) is 1.27. The second-order valence-electron chi connectivity index (χ2n) is 2.79. The molecule has 2 aromatic rings. The van der Waals surface area contributed by atoms with E-state index in [0.717, 1.165) is 0 Å². The van der Waals surface area contributed by atoms with Gasteiger partial charge in [0.05, 0.1) is 0 Å². The Bertz CT molecular complexity index is 539. The van der Waals surface area contributed by atoms with Crippen molar-refractivity contribution in [2.45, 2.75) is 0 Å². The van der Waals surface area contributed by atoms with Crippen LogP contribution in [0.3, 0.4) is 0 Å². The van der Waals surface area contributed by atoms with Gasteiger partial charge in [-0.15, -0.1) is 0 Å². The van der Waals surface area contributed by atoms with Gasteiger partial charge in [-0.25, -0.2) is 0 Å². The second kappa shape index (κ2) is 3.82. The van der Waals surface area contributed by atoms with Crippen LogP contribution in [0.5, 0.6) is 5.88 Å². The van der Waals surface area contributed by atoms with E-state index in [9.17, 15) is 9.90 Å². The third-order valence-electron chi connectivity index (χ3n) is 1.78. The molecule has 0 amide bonds. The van der Waals surface area contributed by atoms with Crippen molar-refractivity contribution >= 4 is 15.9 Å². The van der Waals surface area contributed by atoms with Gasteiger partial charge in [-0.05, 0) is 28.1 Å². The van der Waals surface area contributed by atoms with Crippen LogP contribution in [0.1, 0.15) is 0 Å². The third-order valence-corrected chi connectivity index (χ3v) is 2.50. The summed E-state index contributed by atoms with van der Waals surface area (Å²) in [7, 11) is 0. The van der Waals surface area contributed by atoms with Crippen molar-refractivity contribution < 1.29 is 5.11 Å². The van der Waals surface area contributed by atoms with Crippen LogP contribution in [0, 0.1) is 0 Å². The first-order valence-corrected chi connectivity index (χ1v) is 4.87. The average molecular weight is 268 g/mol. The number of nitrogens with one attached hydrogen (secondary N) is 1. The Morgan fingerprint density at radius 2 is 2.27 bits per heavy atom. The van der Waals surface area contributed by atoms with E-state index in [2.05, 4.69) is 30.9 Å². The van der Waals surface area contributed by atoms with Crippen LogP contribution in [0.4, 0.5) is 0 Å². The number of hydrogen-bond acceptors (Lipinski definition) is 4. The van der Waals surface area contributed by atoms with Gasteiger partial charge >= 0.3 is 0 Å². The molecular formula is C9H6BrN3O2. The van der Waals surface area contributed by atoms with Crippen molar-refractivity contribution in [1.82, 2.24) is 15.0 Å². The Kier molecular flexibility index (Phi) is 2.51. The van der Waals surface area contributed by atoms with Gasteiger partial charge in [-0.2, -0.15) is 4.98 Å². The zero-order chi connectivity index (χ0) is 10.8. The molecule has 0 aliphatic heterocycles. The van der Waals surface area contributed by atoms with E-state index in [1.165, 1.54) is 0 Å². The van der Waals surface area contributed by atoms with Crippen molar-refractivity contribution in [3.05, 3.63) is 39.4 Å². The lowest BCUT2D eigenvalue weighted by molar-refractivity contribution is 0.448. The molecule has 0 fully saturated rings.